The molecule has 118 valence electrons. The summed E-state index contributed by atoms with van der Waals surface area (Å²) in [5.41, 5.74) is 2.97. The van der Waals surface area contributed by atoms with Crippen LogP contribution in [-0.4, -0.2) is 14.9 Å². The Hall–Kier alpha value is -1.69. The second kappa shape index (κ2) is 6.83. The van der Waals surface area contributed by atoms with E-state index in [9.17, 15) is 0 Å². The number of benzene rings is 2. The molecule has 2 N–H and O–H groups in total. The third-order valence-corrected chi connectivity index (χ3v) is 5.06. The van der Waals surface area contributed by atoms with Crippen LogP contribution in [0.5, 0.6) is 0 Å². The van der Waals surface area contributed by atoms with Crippen LogP contribution in [-0.2, 0) is 5.75 Å². The standard InChI is InChI=1S/C16H14Cl2N4S/c1-10-5-7-11(8-6-10)15-20-21-16(22(15)19)23-9-12-13(17)3-2-4-14(12)18/h2-8H,9,19H2,1H3. The molecule has 7 heteroatoms. The van der Waals surface area contributed by atoms with Crippen molar-refractivity contribution in [1.82, 2.24) is 14.9 Å². The minimum Gasteiger partial charge on any atom is -0.335 e. The second-order valence-corrected chi connectivity index (χ2v) is 6.79. The van der Waals surface area contributed by atoms with Gasteiger partial charge in [-0.25, -0.2) is 4.68 Å². The molecule has 3 rings (SSSR count). The molecule has 0 saturated carbocycles. The van der Waals surface area contributed by atoms with Gasteiger partial charge in [0.15, 0.2) is 5.82 Å². The third kappa shape index (κ3) is 3.47. The topological polar surface area (TPSA) is 56.7 Å². The van der Waals surface area contributed by atoms with Gasteiger partial charge < -0.3 is 5.84 Å². The van der Waals surface area contributed by atoms with Crippen LogP contribution in [0.3, 0.4) is 0 Å². The van der Waals surface area contributed by atoms with E-state index in [1.807, 2.05) is 49.4 Å². The van der Waals surface area contributed by atoms with E-state index >= 15 is 0 Å². The normalized spacial score (nSPS) is 10.9. The number of halogens is 2. The van der Waals surface area contributed by atoms with Gasteiger partial charge in [0.2, 0.25) is 5.16 Å². The molecule has 23 heavy (non-hydrogen) atoms. The number of rotatable bonds is 4. The van der Waals surface area contributed by atoms with Crippen LogP contribution < -0.4 is 5.84 Å². The van der Waals surface area contributed by atoms with Crippen LogP contribution in [0.1, 0.15) is 11.1 Å². The number of nitrogens with zero attached hydrogens (tertiary/aromatic N) is 3. The van der Waals surface area contributed by atoms with Gasteiger partial charge in [-0.05, 0) is 24.6 Å². The van der Waals surface area contributed by atoms with E-state index in [-0.39, 0.29) is 0 Å². The highest BCUT2D eigenvalue weighted by molar-refractivity contribution is 7.98. The monoisotopic (exact) mass is 364 g/mol. The third-order valence-electron chi connectivity index (χ3n) is 3.38. The van der Waals surface area contributed by atoms with Crippen molar-refractivity contribution in [2.75, 3.05) is 5.84 Å². The average molecular weight is 365 g/mol. The summed E-state index contributed by atoms with van der Waals surface area (Å²) in [6.45, 7) is 2.03. The van der Waals surface area contributed by atoms with E-state index in [4.69, 9.17) is 29.0 Å². The van der Waals surface area contributed by atoms with Gasteiger partial charge >= 0.3 is 0 Å². The maximum atomic E-state index is 6.18. The number of aryl methyl sites for hydroxylation is 1. The van der Waals surface area contributed by atoms with E-state index in [2.05, 4.69) is 10.2 Å². The van der Waals surface area contributed by atoms with Crippen molar-refractivity contribution in [3.05, 3.63) is 63.6 Å². The van der Waals surface area contributed by atoms with Crippen molar-refractivity contribution in [1.29, 1.82) is 0 Å². The van der Waals surface area contributed by atoms with Gasteiger partial charge in [0, 0.05) is 21.4 Å². The summed E-state index contributed by atoms with van der Waals surface area (Å²) >= 11 is 13.8. The van der Waals surface area contributed by atoms with Crippen molar-refractivity contribution in [3.8, 4) is 11.4 Å². The molecule has 0 bridgehead atoms. The first-order valence-corrected chi connectivity index (χ1v) is 8.63. The predicted octanol–water partition coefficient (Wildman–Crippen LogP) is 4.57. The quantitative estimate of drug-likeness (QED) is 0.544. The van der Waals surface area contributed by atoms with Crippen molar-refractivity contribution in [2.24, 2.45) is 0 Å². The molecule has 3 aromatic rings. The lowest BCUT2D eigenvalue weighted by Gasteiger charge is -2.07. The summed E-state index contributed by atoms with van der Waals surface area (Å²) in [7, 11) is 0. The molecule has 0 aliphatic rings. The van der Waals surface area contributed by atoms with E-state index in [1.54, 1.807) is 0 Å². The summed E-state index contributed by atoms with van der Waals surface area (Å²) in [4.78, 5) is 0. The number of nitrogens with two attached hydrogens (primary N) is 1. The Morgan fingerprint density at radius 1 is 1.04 bits per heavy atom. The SMILES string of the molecule is Cc1ccc(-c2nnc(SCc3c(Cl)cccc3Cl)n2N)cc1. The Kier molecular flexibility index (Phi) is 4.80. The largest absolute Gasteiger partial charge is 0.335 e. The Balaban J connectivity index is 1.81. The Morgan fingerprint density at radius 3 is 2.35 bits per heavy atom. The van der Waals surface area contributed by atoms with E-state index in [0.29, 0.717) is 26.8 Å². The predicted molar refractivity (Wildman–Crippen MR) is 96.4 cm³/mol. The minimum absolute atomic E-state index is 0.571. The molecule has 0 unspecified atom stereocenters. The molecule has 0 aliphatic carbocycles. The fourth-order valence-corrected chi connectivity index (χ4v) is 3.68. The molecular weight excluding hydrogens is 351 g/mol. The van der Waals surface area contributed by atoms with Gasteiger partial charge in [0.25, 0.3) is 0 Å². The molecule has 0 radical (unpaired) electrons. The summed E-state index contributed by atoms with van der Waals surface area (Å²) in [6, 6.07) is 13.4. The summed E-state index contributed by atoms with van der Waals surface area (Å²) in [5.74, 6) is 7.31. The zero-order valence-corrected chi connectivity index (χ0v) is 14.7. The van der Waals surface area contributed by atoms with Crippen molar-refractivity contribution in [3.63, 3.8) is 0 Å². The Bertz CT molecular complexity index is 810. The molecule has 0 spiro atoms. The number of hydrogen-bond donors (Lipinski definition) is 1. The highest BCUT2D eigenvalue weighted by atomic mass is 35.5. The average Bonchev–Trinajstić information content (AvgIpc) is 2.89. The van der Waals surface area contributed by atoms with E-state index in [1.165, 1.54) is 22.0 Å². The van der Waals surface area contributed by atoms with Crippen LogP contribution in [0.2, 0.25) is 10.0 Å². The summed E-state index contributed by atoms with van der Waals surface area (Å²) in [6.07, 6.45) is 0. The highest BCUT2D eigenvalue weighted by Crippen LogP contribution is 2.31. The first-order valence-electron chi connectivity index (χ1n) is 6.89. The zero-order chi connectivity index (χ0) is 16.4. The van der Waals surface area contributed by atoms with E-state index in [0.717, 1.165) is 11.1 Å². The lowest BCUT2D eigenvalue weighted by atomic mass is 10.1. The molecule has 4 nitrogen and oxygen atoms in total. The number of aromatic nitrogens is 3. The van der Waals surface area contributed by atoms with Crippen LogP contribution in [0.15, 0.2) is 47.6 Å². The van der Waals surface area contributed by atoms with E-state index < -0.39 is 0 Å². The molecular formula is C16H14Cl2N4S. The molecule has 2 aromatic carbocycles. The van der Waals surface area contributed by atoms with Crippen LogP contribution in [0, 0.1) is 6.92 Å². The lowest BCUT2D eigenvalue weighted by molar-refractivity contribution is 0.849. The van der Waals surface area contributed by atoms with Gasteiger partial charge in [-0.15, -0.1) is 10.2 Å². The van der Waals surface area contributed by atoms with Gasteiger partial charge in [-0.3, -0.25) is 0 Å². The first kappa shape index (κ1) is 16.2. The molecule has 0 fully saturated rings. The van der Waals surface area contributed by atoms with Crippen molar-refractivity contribution < 1.29 is 0 Å². The molecule has 0 atom stereocenters. The lowest BCUT2D eigenvalue weighted by Crippen LogP contribution is -2.11. The smallest absolute Gasteiger partial charge is 0.210 e. The number of hydrogen-bond acceptors (Lipinski definition) is 4. The van der Waals surface area contributed by atoms with Gasteiger partial charge in [-0.2, -0.15) is 0 Å². The van der Waals surface area contributed by atoms with Crippen LogP contribution in [0.4, 0.5) is 0 Å². The fraction of sp³-hybridized carbons (Fsp3) is 0.125. The van der Waals surface area contributed by atoms with Crippen LogP contribution in [0.25, 0.3) is 11.4 Å². The Labute approximate surface area is 148 Å². The first-order chi connectivity index (χ1) is 11.1. The molecule has 0 aliphatic heterocycles. The van der Waals surface area contributed by atoms with Crippen molar-refractivity contribution >= 4 is 35.0 Å². The molecule has 1 aromatic heterocycles. The summed E-state index contributed by atoms with van der Waals surface area (Å²) < 4.78 is 1.49. The van der Waals surface area contributed by atoms with Gasteiger partial charge in [0.1, 0.15) is 0 Å². The molecule has 0 saturated heterocycles. The zero-order valence-electron chi connectivity index (χ0n) is 12.3. The molecule has 1 heterocycles. The second-order valence-electron chi connectivity index (χ2n) is 5.03. The van der Waals surface area contributed by atoms with Crippen LogP contribution >= 0.6 is 35.0 Å². The van der Waals surface area contributed by atoms with Crippen molar-refractivity contribution in [2.45, 2.75) is 17.8 Å². The minimum atomic E-state index is 0.571. The highest BCUT2D eigenvalue weighted by Gasteiger charge is 2.14. The maximum absolute atomic E-state index is 6.18. The number of nitrogen functional groups attached to an aromatic ring is 1. The van der Waals surface area contributed by atoms with Gasteiger partial charge in [-0.1, -0.05) is 70.9 Å². The van der Waals surface area contributed by atoms with Gasteiger partial charge in [0.05, 0.1) is 0 Å². The maximum Gasteiger partial charge on any atom is 0.210 e. The summed E-state index contributed by atoms with van der Waals surface area (Å²) in [5, 5.41) is 10.2. The fourth-order valence-electron chi connectivity index (χ4n) is 2.08. The Morgan fingerprint density at radius 2 is 1.70 bits per heavy atom. The number of thioether (sulfide) groups is 1. The molecule has 0 amide bonds.